The van der Waals surface area contributed by atoms with Gasteiger partial charge in [0.05, 0.1) is 25.6 Å². The summed E-state index contributed by atoms with van der Waals surface area (Å²) in [6, 6.07) is 7.05. The molecule has 0 radical (unpaired) electrons. The van der Waals surface area contributed by atoms with Crippen molar-refractivity contribution in [2.75, 3.05) is 19.5 Å². The fourth-order valence-corrected chi connectivity index (χ4v) is 2.50. The molecule has 0 amide bonds. The highest BCUT2D eigenvalue weighted by atomic mass is 35.5. The molecular formula is C13H12ClNO3S. The summed E-state index contributed by atoms with van der Waals surface area (Å²) in [7, 11) is 2.92. The van der Waals surface area contributed by atoms with E-state index in [0.717, 1.165) is 5.69 Å². The average Bonchev–Trinajstić information content (AvgIpc) is 2.88. The number of halogens is 1. The maximum Gasteiger partial charge on any atom is 0.350 e. The van der Waals surface area contributed by atoms with Crippen molar-refractivity contribution in [3.63, 3.8) is 0 Å². The Morgan fingerprint density at radius 3 is 2.74 bits per heavy atom. The molecule has 1 aromatic heterocycles. The van der Waals surface area contributed by atoms with Crippen LogP contribution in [0.1, 0.15) is 9.67 Å². The highest BCUT2D eigenvalue weighted by Crippen LogP contribution is 2.33. The smallest absolute Gasteiger partial charge is 0.350 e. The van der Waals surface area contributed by atoms with Crippen LogP contribution < -0.4 is 10.1 Å². The van der Waals surface area contributed by atoms with E-state index in [2.05, 4.69) is 5.32 Å². The molecule has 0 aliphatic rings. The summed E-state index contributed by atoms with van der Waals surface area (Å²) in [6.07, 6.45) is 0. The van der Waals surface area contributed by atoms with E-state index in [1.54, 1.807) is 25.3 Å². The van der Waals surface area contributed by atoms with Crippen LogP contribution in [0.3, 0.4) is 0 Å². The predicted octanol–water partition coefficient (Wildman–Crippen LogP) is 3.94. The summed E-state index contributed by atoms with van der Waals surface area (Å²) in [6.45, 7) is 0. The van der Waals surface area contributed by atoms with Crippen LogP contribution in [0.2, 0.25) is 5.02 Å². The Hall–Kier alpha value is -1.72. The molecule has 0 saturated carbocycles. The largest absolute Gasteiger partial charge is 0.495 e. The van der Waals surface area contributed by atoms with E-state index < -0.39 is 0 Å². The fourth-order valence-electron chi connectivity index (χ4n) is 1.57. The first kappa shape index (κ1) is 13.7. The van der Waals surface area contributed by atoms with Crippen LogP contribution >= 0.6 is 22.9 Å². The molecule has 0 atom stereocenters. The summed E-state index contributed by atoms with van der Waals surface area (Å²) in [5.74, 6) is 0.236. The molecule has 0 saturated heterocycles. The number of hydrogen-bond acceptors (Lipinski definition) is 5. The molecule has 4 nitrogen and oxygen atoms in total. The van der Waals surface area contributed by atoms with Gasteiger partial charge in [0, 0.05) is 11.1 Å². The molecule has 6 heteroatoms. The van der Waals surface area contributed by atoms with Crippen molar-refractivity contribution >= 4 is 40.3 Å². The van der Waals surface area contributed by atoms with E-state index in [1.165, 1.54) is 18.4 Å². The zero-order chi connectivity index (χ0) is 13.8. The first-order valence-corrected chi connectivity index (χ1v) is 6.68. The van der Waals surface area contributed by atoms with Crippen LogP contribution in [0.5, 0.6) is 5.75 Å². The van der Waals surface area contributed by atoms with Gasteiger partial charge >= 0.3 is 5.97 Å². The van der Waals surface area contributed by atoms with Gasteiger partial charge in [0.15, 0.2) is 0 Å². The minimum absolute atomic E-state index is 0.370. The number of carbonyl (C=O) groups is 1. The molecule has 2 rings (SSSR count). The Bertz CT molecular complexity index is 597. The number of carbonyl (C=O) groups excluding carboxylic acids is 1. The maximum absolute atomic E-state index is 11.6. The van der Waals surface area contributed by atoms with E-state index in [4.69, 9.17) is 21.1 Å². The number of rotatable bonds is 4. The SMILES string of the molecule is COC(=O)c1sccc1Nc1ccc(Cl)cc1OC. The van der Waals surface area contributed by atoms with Crippen LogP contribution in [-0.4, -0.2) is 20.2 Å². The third-order valence-corrected chi connectivity index (χ3v) is 3.60. The normalized spacial score (nSPS) is 10.1. The second-order valence-electron chi connectivity index (χ2n) is 3.62. The molecular weight excluding hydrogens is 286 g/mol. The zero-order valence-corrected chi connectivity index (χ0v) is 12.0. The monoisotopic (exact) mass is 297 g/mol. The summed E-state index contributed by atoms with van der Waals surface area (Å²) >= 11 is 7.22. The molecule has 0 fully saturated rings. The highest BCUT2D eigenvalue weighted by molar-refractivity contribution is 7.12. The first-order valence-electron chi connectivity index (χ1n) is 5.42. The lowest BCUT2D eigenvalue weighted by Gasteiger charge is -2.11. The van der Waals surface area contributed by atoms with Gasteiger partial charge in [-0.3, -0.25) is 0 Å². The molecule has 0 unspecified atom stereocenters. The number of ether oxygens (including phenoxy) is 2. The molecule has 100 valence electrons. The quantitative estimate of drug-likeness (QED) is 0.868. The molecule has 1 aromatic carbocycles. The van der Waals surface area contributed by atoms with Gasteiger partial charge < -0.3 is 14.8 Å². The van der Waals surface area contributed by atoms with Crippen LogP contribution in [0.25, 0.3) is 0 Å². The lowest BCUT2D eigenvalue weighted by atomic mass is 10.2. The van der Waals surface area contributed by atoms with Gasteiger partial charge in [-0.15, -0.1) is 11.3 Å². The van der Waals surface area contributed by atoms with Crippen molar-refractivity contribution < 1.29 is 14.3 Å². The number of benzene rings is 1. The number of anilines is 2. The van der Waals surface area contributed by atoms with E-state index in [0.29, 0.717) is 21.3 Å². The number of thiophene rings is 1. The third-order valence-electron chi connectivity index (χ3n) is 2.47. The minimum Gasteiger partial charge on any atom is -0.495 e. The number of esters is 1. The molecule has 0 aliphatic carbocycles. The summed E-state index contributed by atoms with van der Waals surface area (Å²) in [5, 5.41) is 5.54. The Morgan fingerprint density at radius 2 is 2.05 bits per heavy atom. The zero-order valence-electron chi connectivity index (χ0n) is 10.4. The molecule has 0 aliphatic heterocycles. The topological polar surface area (TPSA) is 47.6 Å². The van der Waals surface area contributed by atoms with E-state index in [-0.39, 0.29) is 5.97 Å². The van der Waals surface area contributed by atoms with Gasteiger partial charge in [0.1, 0.15) is 10.6 Å². The first-order chi connectivity index (χ1) is 9.15. The Balaban J connectivity index is 2.31. The van der Waals surface area contributed by atoms with E-state index in [9.17, 15) is 4.79 Å². The van der Waals surface area contributed by atoms with Crippen LogP contribution in [0.4, 0.5) is 11.4 Å². The highest BCUT2D eigenvalue weighted by Gasteiger charge is 2.15. The second kappa shape index (κ2) is 5.95. The van der Waals surface area contributed by atoms with Crippen molar-refractivity contribution in [2.24, 2.45) is 0 Å². The number of nitrogens with one attached hydrogen (secondary N) is 1. The van der Waals surface area contributed by atoms with Crippen LogP contribution in [-0.2, 0) is 4.74 Å². The fraction of sp³-hybridized carbons (Fsp3) is 0.154. The van der Waals surface area contributed by atoms with E-state index in [1.807, 2.05) is 11.4 Å². The maximum atomic E-state index is 11.6. The van der Waals surface area contributed by atoms with Crippen LogP contribution in [0.15, 0.2) is 29.6 Å². The lowest BCUT2D eigenvalue weighted by Crippen LogP contribution is -2.02. The van der Waals surface area contributed by atoms with Gasteiger partial charge in [-0.1, -0.05) is 11.6 Å². The standard InChI is InChI=1S/C13H12ClNO3S/c1-17-11-7-8(14)3-4-9(11)15-10-5-6-19-12(10)13(16)18-2/h3-7,15H,1-2H3. The molecule has 1 N–H and O–H groups in total. The summed E-state index contributed by atoms with van der Waals surface area (Å²) < 4.78 is 9.97. The van der Waals surface area contributed by atoms with Crippen molar-refractivity contribution in [3.05, 3.63) is 39.5 Å². The molecule has 0 bridgehead atoms. The van der Waals surface area contributed by atoms with Gasteiger partial charge in [0.2, 0.25) is 0 Å². The van der Waals surface area contributed by atoms with Crippen molar-refractivity contribution in [3.8, 4) is 5.75 Å². The molecule has 19 heavy (non-hydrogen) atoms. The van der Waals surface area contributed by atoms with E-state index >= 15 is 0 Å². The van der Waals surface area contributed by atoms with Gasteiger partial charge in [-0.05, 0) is 23.6 Å². The summed E-state index contributed by atoms with van der Waals surface area (Å²) in [5.41, 5.74) is 1.41. The number of methoxy groups -OCH3 is 2. The Kier molecular flexibility index (Phi) is 4.29. The van der Waals surface area contributed by atoms with Gasteiger partial charge in [-0.2, -0.15) is 0 Å². The summed E-state index contributed by atoms with van der Waals surface area (Å²) in [4.78, 5) is 12.1. The van der Waals surface area contributed by atoms with Gasteiger partial charge in [0.25, 0.3) is 0 Å². The van der Waals surface area contributed by atoms with Gasteiger partial charge in [-0.25, -0.2) is 4.79 Å². The van der Waals surface area contributed by atoms with Crippen LogP contribution in [0, 0.1) is 0 Å². The van der Waals surface area contributed by atoms with Crippen molar-refractivity contribution in [1.29, 1.82) is 0 Å². The molecule has 2 aromatic rings. The predicted molar refractivity (Wildman–Crippen MR) is 76.9 cm³/mol. The average molecular weight is 298 g/mol. The minimum atomic E-state index is -0.370. The Labute approximate surface area is 119 Å². The van der Waals surface area contributed by atoms with Crippen molar-refractivity contribution in [1.82, 2.24) is 0 Å². The molecule has 0 spiro atoms. The molecule has 1 heterocycles. The number of hydrogen-bond donors (Lipinski definition) is 1. The lowest BCUT2D eigenvalue weighted by molar-refractivity contribution is 0.0607. The van der Waals surface area contributed by atoms with Crippen molar-refractivity contribution in [2.45, 2.75) is 0 Å². The second-order valence-corrected chi connectivity index (χ2v) is 4.98. The Morgan fingerprint density at radius 1 is 1.26 bits per heavy atom. The third kappa shape index (κ3) is 3.00.